The van der Waals surface area contributed by atoms with Gasteiger partial charge in [-0.05, 0) is 13.0 Å². The SMILES string of the molecule is Cc1cc2c3c(ncnn13)C(=O)CC2=O. The van der Waals surface area contributed by atoms with Crippen molar-refractivity contribution in [3.63, 3.8) is 0 Å². The molecule has 0 aliphatic heterocycles. The Morgan fingerprint density at radius 1 is 1.33 bits per heavy atom. The van der Waals surface area contributed by atoms with Crippen LogP contribution in [0.3, 0.4) is 0 Å². The van der Waals surface area contributed by atoms with Gasteiger partial charge in [0, 0.05) is 11.3 Å². The van der Waals surface area contributed by atoms with Gasteiger partial charge >= 0.3 is 0 Å². The van der Waals surface area contributed by atoms with E-state index in [2.05, 4.69) is 10.1 Å². The van der Waals surface area contributed by atoms with Crippen LogP contribution in [0.4, 0.5) is 0 Å². The van der Waals surface area contributed by atoms with Crippen LogP contribution in [0, 0.1) is 6.92 Å². The predicted molar refractivity (Wildman–Crippen MR) is 51.0 cm³/mol. The summed E-state index contributed by atoms with van der Waals surface area (Å²) in [6.45, 7) is 1.84. The third kappa shape index (κ3) is 0.918. The van der Waals surface area contributed by atoms with Crippen LogP contribution in [0.25, 0.3) is 5.52 Å². The van der Waals surface area contributed by atoms with E-state index in [9.17, 15) is 9.59 Å². The molecule has 0 N–H and O–H groups in total. The maximum absolute atomic E-state index is 11.6. The van der Waals surface area contributed by atoms with Crippen molar-refractivity contribution in [1.82, 2.24) is 14.6 Å². The lowest BCUT2D eigenvalue weighted by Gasteiger charge is -2.08. The standard InChI is InChI=1S/C10H7N3O2/c1-5-2-6-7(14)3-8(15)9-10(6)13(5)12-4-11-9/h2,4H,3H2,1H3. The van der Waals surface area contributed by atoms with Crippen LogP contribution < -0.4 is 0 Å². The van der Waals surface area contributed by atoms with E-state index in [-0.39, 0.29) is 18.0 Å². The molecule has 0 atom stereocenters. The number of hydrogen-bond acceptors (Lipinski definition) is 4. The van der Waals surface area contributed by atoms with Gasteiger partial charge in [0.05, 0.1) is 6.42 Å². The molecule has 0 radical (unpaired) electrons. The van der Waals surface area contributed by atoms with Crippen molar-refractivity contribution in [2.75, 3.05) is 0 Å². The first kappa shape index (κ1) is 8.28. The minimum absolute atomic E-state index is 0.0802. The van der Waals surface area contributed by atoms with Gasteiger partial charge in [0.15, 0.2) is 11.6 Å². The summed E-state index contributed by atoms with van der Waals surface area (Å²) in [5.74, 6) is -0.370. The Hall–Kier alpha value is -2.04. The van der Waals surface area contributed by atoms with Crippen molar-refractivity contribution in [2.45, 2.75) is 13.3 Å². The fourth-order valence-electron chi connectivity index (χ4n) is 1.94. The van der Waals surface area contributed by atoms with Crippen LogP contribution in [0.2, 0.25) is 0 Å². The minimum atomic E-state index is -0.224. The molecule has 2 aromatic heterocycles. The highest BCUT2D eigenvalue weighted by molar-refractivity contribution is 6.23. The van der Waals surface area contributed by atoms with Crippen LogP contribution >= 0.6 is 0 Å². The maximum atomic E-state index is 11.6. The number of rotatable bonds is 0. The highest BCUT2D eigenvalue weighted by atomic mass is 16.1. The summed E-state index contributed by atoms with van der Waals surface area (Å²) < 4.78 is 1.59. The lowest BCUT2D eigenvalue weighted by molar-refractivity contribution is 0.0886. The molecule has 74 valence electrons. The van der Waals surface area contributed by atoms with E-state index >= 15 is 0 Å². The molecule has 1 aliphatic rings. The molecule has 2 aromatic rings. The molecule has 0 bridgehead atoms. The van der Waals surface area contributed by atoms with E-state index in [1.807, 2.05) is 6.92 Å². The zero-order chi connectivity index (χ0) is 10.6. The zero-order valence-corrected chi connectivity index (χ0v) is 8.02. The summed E-state index contributed by atoms with van der Waals surface area (Å²) in [6.07, 6.45) is 1.26. The average Bonchev–Trinajstić information content (AvgIpc) is 2.55. The molecular formula is C10H7N3O2. The van der Waals surface area contributed by atoms with E-state index in [4.69, 9.17) is 0 Å². The maximum Gasteiger partial charge on any atom is 0.191 e. The fourth-order valence-corrected chi connectivity index (χ4v) is 1.94. The smallest absolute Gasteiger partial charge is 0.191 e. The molecule has 0 amide bonds. The van der Waals surface area contributed by atoms with Gasteiger partial charge in [-0.3, -0.25) is 9.59 Å². The number of Topliss-reactive ketones (excluding diaryl/α,β-unsaturated/α-hetero) is 2. The van der Waals surface area contributed by atoms with E-state index in [1.54, 1.807) is 10.6 Å². The largest absolute Gasteiger partial charge is 0.294 e. The molecule has 0 saturated heterocycles. The summed E-state index contributed by atoms with van der Waals surface area (Å²) in [5.41, 5.74) is 2.30. The van der Waals surface area contributed by atoms with Crippen LogP contribution in [0.1, 0.15) is 33.0 Å². The van der Waals surface area contributed by atoms with Gasteiger partial charge in [0.25, 0.3) is 0 Å². The third-order valence-corrected chi connectivity index (χ3v) is 2.62. The number of carbonyl (C=O) groups excluding carboxylic acids is 2. The Morgan fingerprint density at radius 2 is 2.13 bits per heavy atom. The summed E-state index contributed by atoms with van der Waals surface area (Å²) in [4.78, 5) is 27.1. The lowest BCUT2D eigenvalue weighted by atomic mass is 9.98. The number of nitrogens with zero attached hydrogens (tertiary/aromatic N) is 3. The van der Waals surface area contributed by atoms with Crippen molar-refractivity contribution < 1.29 is 9.59 Å². The van der Waals surface area contributed by atoms with Crippen molar-refractivity contribution in [1.29, 1.82) is 0 Å². The van der Waals surface area contributed by atoms with Crippen LogP contribution in [-0.2, 0) is 0 Å². The number of aryl methyl sites for hydroxylation is 1. The molecule has 15 heavy (non-hydrogen) atoms. The topological polar surface area (TPSA) is 64.3 Å². The molecule has 0 spiro atoms. The van der Waals surface area contributed by atoms with Gasteiger partial charge in [-0.1, -0.05) is 0 Å². The minimum Gasteiger partial charge on any atom is -0.294 e. The van der Waals surface area contributed by atoms with E-state index in [0.29, 0.717) is 16.8 Å². The van der Waals surface area contributed by atoms with Gasteiger partial charge in [-0.15, -0.1) is 0 Å². The molecular weight excluding hydrogens is 194 g/mol. The fraction of sp³-hybridized carbons (Fsp3) is 0.200. The van der Waals surface area contributed by atoms with Crippen molar-refractivity contribution in [3.8, 4) is 0 Å². The molecule has 2 heterocycles. The molecule has 5 nitrogen and oxygen atoms in total. The number of aromatic nitrogens is 3. The molecule has 0 aromatic carbocycles. The Morgan fingerprint density at radius 3 is 2.93 bits per heavy atom. The molecule has 0 unspecified atom stereocenters. The second kappa shape index (κ2) is 2.50. The zero-order valence-electron chi connectivity index (χ0n) is 8.02. The van der Waals surface area contributed by atoms with Gasteiger partial charge < -0.3 is 0 Å². The molecule has 3 rings (SSSR count). The van der Waals surface area contributed by atoms with Gasteiger partial charge in [-0.25, -0.2) is 9.50 Å². The Balaban J connectivity index is 2.57. The Labute approximate surface area is 84.7 Å². The summed E-state index contributed by atoms with van der Waals surface area (Å²) >= 11 is 0. The molecule has 0 saturated carbocycles. The van der Waals surface area contributed by atoms with Gasteiger partial charge in [-0.2, -0.15) is 5.10 Å². The highest BCUT2D eigenvalue weighted by Gasteiger charge is 2.28. The van der Waals surface area contributed by atoms with E-state index in [1.165, 1.54) is 6.33 Å². The Bertz CT molecular complexity index is 612. The first-order valence-electron chi connectivity index (χ1n) is 4.58. The number of ketones is 2. The van der Waals surface area contributed by atoms with Gasteiger partial charge in [0.2, 0.25) is 0 Å². The second-order valence-electron chi connectivity index (χ2n) is 3.59. The summed E-state index contributed by atoms with van der Waals surface area (Å²) in [6, 6.07) is 1.75. The van der Waals surface area contributed by atoms with Crippen molar-refractivity contribution in [2.24, 2.45) is 0 Å². The first-order chi connectivity index (χ1) is 7.18. The van der Waals surface area contributed by atoms with Crippen LogP contribution in [0.15, 0.2) is 12.4 Å². The van der Waals surface area contributed by atoms with Crippen LogP contribution in [-0.4, -0.2) is 26.2 Å². The normalized spacial score (nSPS) is 15.0. The number of hydrogen-bond donors (Lipinski definition) is 0. The molecule has 1 aliphatic carbocycles. The third-order valence-electron chi connectivity index (χ3n) is 2.62. The quantitative estimate of drug-likeness (QED) is 0.591. The van der Waals surface area contributed by atoms with Crippen molar-refractivity contribution >= 4 is 17.1 Å². The molecule has 5 heteroatoms. The average molecular weight is 201 g/mol. The first-order valence-corrected chi connectivity index (χ1v) is 4.58. The van der Waals surface area contributed by atoms with Gasteiger partial charge in [0.1, 0.15) is 17.5 Å². The number of carbonyl (C=O) groups is 2. The lowest BCUT2D eigenvalue weighted by Crippen LogP contribution is -2.18. The Kier molecular flexibility index (Phi) is 1.38. The van der Waals surface area contributed by atoms with Crippen LogP contribution in [0.5, 0.6) is 0 Å². The predicted octanol–water partition coefficient (Wildman–Crippen LogP) is 0.807. The second-order valence-corrected chi connectivity index (χ2v) is 3.59. The summed E-state index contributed by atoms with van der Waals surface area (Å²) in [5, 5.41) is 4.01. The molecule has 0 fully saturated rings. The highest BCUT2D eigenvalue weighted by Crippen LogP contribution is 2.25. The van der Waals surface area contributed by atoms with E-state index in [0.717, 1.165) is 5.69 Å². The van der Waals surface area contributed by atoms with Crippen molar-refractivity contribution in [3.05, 3.63) is 29.3 Å². The van der Waals surface area contributed by atoms with E-state index < -0.39 is 0 Å². The summed E-state index contributed by atoms with van der Waals surface area (Å²) in [7, 11) is 0. The monoisotopic (exact) mass is 201 g/mol.